The minimum Gasteiger partial charge on any atom is -0.309 e. The van der Waals surface area contributed by atoms with Crippen molar-refractivity contribution in [1.82, 2.24) is 14.5 Å². The lowest BCUT2D eigenvalue weighted by atomic mass is 9.91. The Balaban J connectivity index is 1.57. The summed E-state index contributed by atoms with van der Waals surface area (Å²) in [5.74, 6) is 1.87. The molecule has 0 unspecified atom stereocenters. The maximum Gasteiger partial charge on any atom is 0.256 e. The smallest absolute Gasteiger partial charge is 0.256 e. The quantitative estimate of drug-likeness (QED) is 0.548. The number of hydrogen-bond donors (Lipinski definition) is 2. The number of aromatic nitrogens is 2. The van der Waals surface area contributed by atoms with Gasteiger partial charge in [-0.1, -0.05) is 31.2 Å². The molecule has 4 rings (SSSR count). The number of nitrogens with zero attached hydrogens (tertiary/aromatic N) is 3. The molecule has 0 atom stereocenters. The highest BCUT2D eigenvalue weighted by Crippen LogP contribution is 2.32. The molecule has 0 spiro atoms. The zero-order valence-corrected chi connectivity index (χ0v) is 20.0. The standard InChI is InChI=1S/C28H33N5O/c1-3-21(12-15-29)22-7-6-8-24(11-10-22)28(34)31-27-19-25(23-13-17-32(2)18-14-23)20-33(27)26-9-4-5-16-30-26/h4-9,11-12,15-16,19-20,23,29H,3,10,13-14,17-18H2,1-2H3,(H,31,34)/b21-12+,29-15?. The second-order valence-corrected chi connectivity index (χ2v) is 8.88. The number of amides is 1. The summed E-state index contributed by atoms with van der Waals surface area (Å²) >= 11 is 0. The summed E-state index contributed by atoms with van der Waals surface area (Å²) < 4.78 is 1.98. The van der Waals surface area contributed by atoms with E-state index in [0.717, 1.165) is 55.1 Å². The predicted octanol–water partition coefficient (Wildman–Crippen LogP) is 5.42. The summed E-state index contributed by atoms with van der Waals surface area (Å²) in [4.78, 5) is 20.1. The molecule has 34 heavy (non-hydrogen) atoms. The minimum absolute atomic E-state index is 0.134. The van der Waals surface area contributed by atoms with E-state index in [1.54, 1.807) is 6.20 Å². The van der Waals surface area contributed by atoms with Crippen LogP contribution in [0.2, 0.25) is 0 Å². The van der Waals surface area contributed by atoms with Gasteiger partial charge in [0.15, 0.2) is 0 Å². The first-order chi connectivity index (χ1) is 16.6. The first-order valence-electron chi connectivity index (χ1n) is 12.0. The fourth-order valence-corrected chi connectivity index (χ4v) is 4.60. The fraction of sp³-hybridized carbons (Fsp3) is 0.321. The van der Waals surface area contributed by atoms with E-state index in [2.05, 4.69) is 41.4 Å². The van der Waals surface area contributed by atoms with E-state index in [1.807, 2.05) is 53.1 Å². The summed E-state index contributed by atoms with van der Waals surface area (Å²) in [7, 11) is 2.17. The second kappa shape index (κ2) is 11.1. The highest BCUT2D eigenvalue weighted by Gasteiger charge is 2.22. The topological polar surface area (TPSA) is 74.0 Å². The van der Waals surface area contributed by atoms with Crippen LogP contribution in [0.15, 0.2) is 83.8 Å². The van der Waals surface area contributed by atoms with E-state index in [4.69, 9.17) is 5.41 Å². The Hall–Kier alpha value is -3.51. The number of rotatable bonds is 7. The molecule has 176 valence electrons. The van der Waals surface area contributed by atoms with Crippen LogP contribution in [0.5, 0.6) is 0 Å². The Morgan fingerprint density at radius 3 is 2.82 bits per heavy atom. The van der Waals surface area contributed by atoms with Gasteiger partial charge in [0.2, 0.25) is 0 Å². The molecule has 0 bridgehead atoms. The van der Waals surface area contributed by atoms with E-state index in [0.29, 0.717) is 17.9 Å². The molecule has 1 aliphatic carbocycles. The maximum atomic E-state index is 13.3. The first kappa shape index (κ1) is 23.6. The lowest BCUT2D eigenvalue weighted by Gasteiger charge is -2.28. The van der Waals surface area contributed by atoms with Crippen LogP contribution in [-0.4, -0.2) is 46.7 Å². The Morgan fingerprint density at radius 2 is 2.12 bits per heavy atom. The van der Waals surface area contributed by atoms with E-state index in [1.165, 1.54) is 11.8 Å². The number of allylic oxidation sites excluding steroid dienone is 6. The monoisotopic (exact) mass is 455 g/mol. The van der Waals surface area contributed by atoms with Gasteiger partial charge in [0.25, 0.3) is 5.91 Å². The predicted molar refractivity (Wildman–Crippen MR) is 139 cm³/mol. The molecule has 1 fully saturated rings. The molecule has 3 heterocycles. The number of anilines is 1. The molecule has 2 aromatic heterocycles. The number of hydrogen-bond acceptors (Lipinski definition) is 4. The van der Waals surface area contributed by atoms with Crippen LogP contribution in [0.4, 0.5) is 5.82 Å². The van der Waals surface area contributed by atoms with Gasteiger partial charge < -0.3 is 15.6 Å². The molecule has 1 amide bonds. The van der Waals surface area contributed by atoms with Crippen molar-refractivity contribution in [2.45, 2.75) is 38.5 Å². The molecule has 1 aliphatic heterocycles. The van der Waals surface area contributed by atoms with E-state index < -0.39 is 0 Å². The van der Waals surface area contributed by atoms with Gasteiger partial charge in [0.05, 0.1) is 0 Å². The van der Waals surface area contributed by atoms with Crippen LogP contribution in [0.1, 0.15) is 44.1 Å². The second-order valence-electron chi connectivity index (χ2n) is 8.88. The van der Waals surface area contributed by atoms with Gasteiger partial charge in [-0.2, -0.15) is 0 Å². The highest BCUT2D eigenvalue weighted by atomic mass is 16.1. The number of carbonyl (C=O) groups is 1. The van der Waals surface area contributed by atoms with E-state index in [9.17, 15) is 4.79 Å². The average Bonchev–Trinajstić information content (AvgIpc) is 3.11. The molecule has 2 aromatic rings. The SMILES string of the molecule is CC/C(=C\C=N)C1=CC=CC(C(=O)Nc2cc(C3CCN(C)CC3)cn2-c2ccccn2)=CC1. The number of pyridine rings is 1. The van der Waals surface area contributed by atoms with Gasteiger partial charge >= 0.3 is 0 Å². The molecule has 6 heteroatoms. The van der Waals surface area contributed by atoms with Crippen LogP contribution >= 0.6 is 0 Å². The third-order valence-electron chi connectivity index (χ3n) is 6.62. The number of likely N-dealkylation sites (tertiary alicyclic amines) is 1. The van der Waals surface area contributed by atoms with Crippen molar-refractivity contribution in [3.63, 3.8) is 0 Å². The van der Waals surface area contributed by atoms with E-state index >= 15 is 0 Å². The molecule has 2 aliphatic rings. The normalized spacial score (nSPS) is 17.6. The molecule has 0 radical (unpaired) electrons. The van der Waals surface area contributed by atoms with E-state index in [-0.39, 0.29) is 5.91 Å². The van der Waals surface area contributed by atoms with Gasteiger partial charge in [-0.3, -0.25) is 9.36 Å². The lowest BCUT2D eigenvalue weighted by molar-refractivity contribution is -0.112. The zero-order valence-electron chi connectivity index (χ0n) is 20.0. The Labute approximate surface area is 201 Å². The summed E-state index contributed by atoms with van der Waals surface area (Å²) in [5.41, 5.74) is 4.12. The number of nitrogens with one attached hydrogen (secondary N) is 2. The Morgan fingerprint density at radius 1 is 1.29 bits per heavy atom. The summed E-state index contributed by atoms with van der Waals surface area (Å²) in [6.45, 7) is 4.25. The maximum absolute atomic E-state index is 13.3. The van der Waals surface area contributed by atoms with Gasteiger partial charge in [-0.15, -0.1) is 0 Å². The lowest BCUT2D eigenvalue weighted by Crippen LogP contribution is -2.29. The molecule has 1 saturated heterocycles. The van der Waals surface area contributed by atoms with Crippen molar-refractivity contribution >= 4 is 17.9 Å². The van der Waals surface area contributed by atoms with Crippen LogP contribution in [0.25, 0.3) is 5.82 Å². The van der Waals surface area contributed by atoms with Crippen molar-refractivity contribution in [3.8, 4) is 5.82 Å². The van der Waals surface area contributed by atoms with Crippen molar-refractivity contribution in [2.24, 2.45) is 0 Å². The van der Waals surface area contributed by atoms with Gasteiger partial charge in [-0.25, -0.2) is 4.98 Å². The van der Waals surface area contributed by atoms with Crippen LogP contribution < -0.4 is 5.32 Å². The minimum atomic E-state index is -0.134. The van der Waals surface area contributed by atoms with Crippen molar-refractivity contribution in [1.29, 1.82) is 5.41 Å². The van der Waals surface area contributed by atoms with Gasteiger partial charge in [-0.05, 0) is 98.8 Å². The summed E-state index contributed by atoms with van der Waals surface area (Å²) in [5, 5.41) is 10.5. The number of carbonyl (C=O) groups excluding carboxylic acids is 1. The molecule has 0 saturated carbocycles. The fourth-order valence-electron chi connectivity index (χ4n) is 4.60. The average molecular weight is 456 g/mol. The highest BCUT2D eigenvalue weighted by molar-refractivity contribution is 6.05. The molecule has 6 nitrogen and oxygen atoms in total. The summed E-state index contributed by atoms with van der Waals surface area (Å²) in [6, 6.07) is 7.92. The summed E-state index contributed by atoms with van der Waals surface area (Å²) in [6.07, 6.45) is 18.5. The Kier molecular flexibility index (Phi) is 7.70. The molecule has 2 N–H and O–H groups in total. The third kappa shape index (κ3) is 5.51. The first-order valence-corrected chi connectivity index (χ1v) is 12.0. The van der Waals surface area contributed by atoms with Crippen molar-refractivity contribution in [3.05, 3.63) is 89.3 Å². The van der Waals surface area contributed by atoms with Crippen LogP contribution in [0, 0.1) is 5.41 Å². The van der Waals surface area contributed by atoms with Crippen molar-refractivity contribution < 1.29 is 4.79 Å². The number of piperidine rings is 1. The third-order valence-corrected chi connectivity index (χ3v) is 6.62. The zero-order chi connectivity index (χ0) is 23.9. The van der Waals surface area contributed by atoms with Crippen LogP contribution in [0.3, 0.4) is 0 Å². The molecular formula is C28H33N5O. The van der Waals surface area contributed by atoms with Gasteiger partial charge in [0, 0.05) is 24.2 Å². The van der Waals surface area contributed by atoms with Crippen molar-refractivity contribution in [2.75, 3.05) is 25.5 Å². The Bertz CT molecular complexity index is 1140. The largest absolute Gasteiger partial charge is 0.309 e. The van der Waals surface area contributed by atoms with Crippen LogP contribution in [-0.2, 0) is 4.79 Å². The van der Waals surface area contributed by atoms with Gasteiger partial charge in [0.1, 0.15) is 11.6 Å². The molecule has 0 aromatic carbocycles. The molecular weight excluding hydrogens is 422 g/mol.